The quantitative estimate of drug-likeness (QED) is 0.681. The van der Waals surface area contributed by atoms with E-state index >= 15 is 0 Å². The van der Waals surface area contributed by atoms with E-state index in [1.165, 1.54) is 16.6 Å². The van der Waals surface area contributed by atoms with Gasteiger partial charge in [0.15, 0.2) is 11.5 Å². The van der Waals surface area contributed by atoms with E-state index in [1.807, 2.05) is 19.1 Å². The van der Waals surface area contributed by atoms with Gasteiger partial charge >= 0.3 is 0 Å². The van der Waals surface area contributed by atoms with Crippen molar-refractivity contribution in [3.63, 3.8) is 0 Å². The highest BCUT2D eigenvalue weighted by molar-refractivity contribution is 5.85. The van der Waals surface area contributed by atoms with Crippen LogP contribution in [0.15, 0.2) is 24.3 Å². The van der Waals surface area contributed by atoms with Gasteiger partial charge in [-0.1, -0.05) is 0 Å². The number of ether oxygens (including phenoxy) is 3. The molecule has 1 N–H and O–H groups in total. The van der Waals surface area contributed by atoms with Crippen LogP contribution in [0, 0.1) is 6.92 Å². The molecule has 0 bridgehead atoms. The first-order valence-electron chi connectivity index (χ1n) is 10.8. The maximum atomic E-state index is 6.10. The summed E-state index contributed by atoms with van der Waals surface area (Å²) in [6.07, 6.45) is 3.61. The molecule has 0 saturated carbocycles. The highest BCUT2D eigenvalue weighted by Crippen LogP contribution is 2.39. The van der Waals surface area contributed by atoms with Crippen LogP contribution in [0.2, 0.25) is 0 Å². The van der Waals surface area contributed by atoms with Gasteiger partial charge in [0.1, 0.15) is 24.7 Å². The fraction of sp³-hybridized carbons (Fsp3) is 0.458. The normalized spacial score (nSPS) is 18.0. The summed E-state index contributed by atoms with van der Waals surface area (Å²) in [5.41, 5.74) is 5.81. The highest BCUT2D eigenvalue weighted by Gasteiger charge is 2.26. The molecule has 1 aliphatic heterocycles. The minimum atomic E-state index is 0.259. The molecule has 5 rings (SSSR count). The third-order valence-corrected chi connectivity index (χ3v) is 6.09. The molecule has 1 atom stereocenters. The van der Waals surface area contributed by atoms with Crippen LogP contribution in [-0.4, -0.2) is 35.0 Å². The molecule has 1 aromatic carbocycles. The number of anilines is 2. The number of aryl methyl sites for hydroxylation is 1. The molecule has 2 aromatic heterocycles. The Hall–Kier alpha value is -2.73. The summed E-state index contributed by atoms with van der Waals surface area (Å²) in [7, 11) is 2.12. The molecule has 2 aliphatic rings. The van der Waals surface area contributed by atoms with Crippen molar-refractivity contribution in [3.05, 3.63) is 41.1 Å². The third kappa shape index (κ3) is 3.29. The predicted molar refractivity (Wildman–Crippen MR) is 118 cm³/mol. The van der Waals surface area contributed by atoms with Crippen LogP contribution in [0.1, 0.15) is 37.1 Å². The van der Waals surface area contributed by atoms with Crippen molar-refractivity contribution in [1.82, 2.24) is 9.55 Å². The lowest BCUT2D eigenvalue weighted by atomic mass is 9.93. The Bertz CT molecular complexity index is 1100. The van der Waals surface area contributed by atoms with E-state index in [0.29, 0.717) is 19.3 Å². The Balaban J connectivity index is 1.46. The molecule has 6 heteroatoms. The summed E-state index contributed by atoms with van der Waals surface area (Å²) in [6.45, 7) is 7.44. The molecule has 0 saturated heterocycles. The van der Waals surface area contributed by atoms with Gasteiger partial charge in [0, 0.05) is 35.8 Å². The first kappa shape index (κ1) is 19.2. The monoisotopic (exact) mass is 407 g/mol. The molecular formula is C24H29N3O3. The van der Waals surface area contributed by atoms with Crippen molar-refractivity contribution in [2.75, 3.05) is 18.5 Å². The van der Waals surface area contributed by atoms with Gasteiger partial charge in [0.05, 0.1) is 12.2 Å². The van der Waals surface area contributed by atoms with E-state index in [1.54, 1.807) is 0 Å². The molecule has 3 aromatic rings. The summed E-state index contributed by atoms with van der Waals surface area (Å²) in [6, 6.07) is 8.23. The molecule has 1 aliphatic carbocycles. The fourth-order valence-corrected chi connectivity index (χ4v) is 4.70. The zero-order valence-electron chi connectivity index (χ0n) is 18.1. The van der Waals surface area contributed by atoms with Crippen LogP contribution in [0.4, 0.5) is 11.5 Å². The van der Waals surface area contributed by atoms with Gasteiger partial charge < -0.3 is 24.1 Å². The minimum Gasteiger partial charge on any atom is -0.486 e. The third-order valence-electron chi connectivity index (χ3n) is 6.09. The summed E-state index contributed by atoms with van der Waals surface area (Å²) < 4.78 is 19.8. The number of nitrogens with one attached hydrogen (secondary N) is 1. The summed E-state index contributed by atoms with van der Waals surface area (Å²) in [5.74, 6) is 2.45. The number of aromatic nitrogens is 2. The number of hydrogen-bond acceptors (Lipinski definition) is 5. The van der Waals surface area contributed by atoms with Gasteiger partial charge in [-0.25, -0.2) is 4.98 Å². The Morgan fingerprint density at radius 3 is 2.83 bits per heavy atom. The van der Waals surface area contributed by atoms with E-state index in [4.69, 9.17) is 19.2 Å². The summed E-state index contributed by atoms with van der Waals surface area (Å²) in [4.78, 5) is 4.95. The lowest BCUT2D eigenvalue weighted by Gasteiger charge is -2.25. The van der Waals surface area contributed by atoms with E-state index < -0.39 is 0 Å². The van der Waals surface area contributed by atoms with Gasteiger partial charge in [-0.2, -0.15) is 0 Å². The van der Waals surface area contributed by atoms with Crippen molar-refractivity contribution in [2.45, 2.75) is 52.2 Å². The largest absolute Gasteiger partial charge is 0.486 e. The van der Waals surface area contributed by atoms with Crippen LogP contribution >= 0.6 is 0 Å². The lowest BCUT2D eigenvalue weighted by Crippen LogP contribution is -2.25. The number of benzene rings is 1. The molecule has 1 unspecified atom stereocenters. The average molecular weight is 408 g/mol. The van der Waals surface area contributed by atoms with Crippen molar-refractivity contribution in [3.8, 4) is 11.5 Å². The number of hydrogen-bond donors (Lipinski definition) is 1. The first-order valence-corrected chi connectivity index (χ1v) is 10.8. The zero-order valence-corrected chi connectivity index (χ0v) is 18.1. The summed E-state index contributed by atoms with van der Waals surface area (Å²) in [5, 5.41) is 4.70. The topological polar surface area (TPSA) is 57.5 Å². The molecule has 3 heterocycles. The molecule has 158 valence electrons. The standard InChI is InChI=1S/C24H29N3O3/c1-14(2)30-16-5-8-20-18(13-16)17-6-10-22(26-24(17)27(20)4)25-19-7-9-21-23(15(19)3)29-12-11-28-21/h6-7,9-10,14,16H,5,8,11-13H2,1-4H3,(H,25,26). The van der Waals surface area contributed by atoms with Gasteiger partial charge in [0.2, 0.25) is 0 Å². The average Bonchev–Trinajstić information content (AvgIpc) is 3.01. The second-order valence-corrected chi connectivity index (χ2v) is 8.49. The maximum Gasteiger partial charge on any atom is 0.166 e. The maximum absolute atomic E-state index is 6.10. The molecule has 0 radical (unpaired) electrons. The number of fused-ring (bicyclic) bond motifs is 4. The molecule has 6 nitrogen and oxygen atoms in total. The number of rotatable bonds is 4. The van der Waals surface area contributed by atoms with Crippen molar-refractivity contribution >= 4 is 22.5 Å². The number of pyridine rings is 1. The van der Waals surface area contributed by atoms with Crippen LogP contribution in [0.5, 0.6) is 11.5 Å². The fourth-order valence-electron chi connectivity index (χ4n) is 4.70. The smallest absolute Gasteiger partial charge is 0.166 e. The van der Waals surface area contributed by atoms with E-state index in [0.717, 1.165) is 53.5 Å². The number of nitrogens with zero attached hydrogens (tertiary/aromatic N) is 2. The van der Waals surface area contributed by atoms with Crippen LogP contribution in [0.3, 0.4) is 0 Å². The Kier molecular flexibility index (Phi) is 4.82. The van der Waals surface area contributed by atoms with Gasteiger partial charge in [0.25, 0.3) is 0 Å². The van der Waals surface area contributed by atoms with Crippen LogP contribution in [0.25, 0.3) is 11.0 Å². The molecular weight excluding hydrogens is 378 g/mol. The molecule has 30 heavy (non-hydrogen) atoms. The Morgan fingerprint density at radius 1 is 1.17 bits per heavy atom. The summed E-state index contributed by atoms with van der Waals surface area (Å²) >= 11 is 0. The van der Waals surface area contributed by atoms with Gasteiger partial charge in [-0.05, 0) is 63.4 Å². The second kappa shape index (κ2) is 7.51. The van der Waals surface area contributed by atoms with Crippen LogP contribution in [-0.2, 0) is 24.6 Å². The van der Waals surface area contributed by atoms with E-state index in [-0.39, 0.29) is 6.10 Å². The van der Waals surface area contributed by atoms with Crippen molar-refractivity contribution in [1.29, 1.82) is 0 Å². The second-order valence-electron chi connectivity index (χ2n) is 8.49. The predicted octanol–water partition coefficient (Wildman–Crippen LogP) is 4.68. The SMILES string of the molecule is Cc1c(Nc2ccc3c4c(n(C)c3n2)CCC(OC(C)C)C4)ccc2c1OCCO2. The van der Waals surface area contributed by atoms with E-state index in [9.17, 15) is 0 Å². The highest BCUT2D eigenvalue weighted by atomic mass is 16.6. The van der Waals surface area contributed by atoms with Gasteiger partial charge in [-0.15, -0.1) is 0 Å². The van der Waals surface area contributed by atoms with E-state index in [2.05, 4.69) is 42.9 Å². The van der Waals surface area contributed by atoms with Crippen molar-refractivity contribution < 1.29 is 14.2 Å². The lowest BCUT2D eigenvalue weighted by molar-refractivity contribution is 0.000751. The molecule has 0 fully saturated rings. The first-order chi connectivity index (χ1) is 14.5. The van der Waals surface area contributed by atoms with Crippen LogP contribution < -0.4 is 14.8 Å². The Morgan fingerprint density at radius 2 is 2.00 bits per heavy atom. The zero-order chi connectivity index (χ0) is 20.8. The Labute approximate surface area is 177 Å². The van der Waals surface area contributed by atoms with Gasteiger partial charge in [-0.3, -0.25) is 0 Å². The minimum absolute atomic E-state index is 0.259. The molecule has 0 spiro atoms. The molecule has 0 amide bonds. The van der Waals surface area contributed by atoms with Crippen molar-refractivity contribution in [2.24, 2.45) is 7.05 Å².